The number of hydrogen-bond acceptors (Lipinski definition) is 5. The van der Waals surface area contributed by atoms with Gasteiger partial charge in [0.1, 0.15) is 5.84 Å². The largest absolute Gasteiger partial charge is 0.352 e. The van der Waals surface area contributed by atoms with Gasteiger partial charge < -0.3 is 10.6 Å². The van der Waals surface area contributed by atoms with Crippen LogP contribution in [0, 0.1) is 0 Å². The predicted octanol–water partition coefficient (Wildman–Crippen LogP) is 0.760. The molecule has 7 nitrogen and oxygen atoms in total. The minimum absolute atomic E-state index is 0.0634. The van der Waals surface area contributed by atoms with Gasteiger partial charge in [0.15, 0.2) is 0 Å². The summed E-state index contributed by atoms with van der Waals surface area (Å²) >= 11 is 0. The van der Waals surface area contributed by atoms with Gasteiger partial charge in [0.2, 0.25) is 5.91 Å². The van der Waals surface area contributed by atoms with E-state index in [0.717, 1.165) is 19.4 Å². The fourth-order valence-electron chi connectivity index (χ4n) is 3.27. The van der Waals surface area contributed by atoms with Crippen LogP contribution in [0.3, 0.4) is 0 Å². The van der Waals surface area contributed by atoms with E-state index < -0.39 is 10.0 Å². The molecule has 0 saturated carbocycles. The summed E-state index contributed by atoms with van der Waals surface area (Å²) in [5.41, 5.74) is 0.555. The number of aliphatic imine (C=N–C) groups is 1. The fraction of sp³-hybridized carbons (Fsp3) is 0.529. The Hall–Kier alpha value is -1.93. The van der Waals surface area contributed by atoms with Crippen LogP contribution in [0.2, 0.25) is 0 Å². The minimum Gasteiger partial charge on any atom is -0.352 e. The van der Waals surface area contributed by atoms with Crippen molar-refractivity contribution in [2.24, 2.45) is 4.99 Å². The Kier molecular flexibility index (Phi) is 5.10. The molecule has 1 fully saturated rings. The summed E-state index contributed by atoms with van der Waals surface area (Å²) in [7, 11) is -3.55. The lowest BCUT2D eigenvalue weighted by molar-refractivity contribution is -0.122. The summed E-state index contributed by atoms with van der Waals surface area (Å²) < 4.78 is 26.6. The third-order valence-corrected chi connectivity index (χ3v) is 6.00. The van der Waals surface area contributed by atoms with Crippen molar-refractivity contribution in [3.8, 4) is 0 Å². The third kappa shape index (κ3) is 4.01. The maximum atomic E-state index is 12.3. The number of amidine groups is 1. The van der Waals surface area contributed by atoms with E-state index >= 15 is 0 Å². The van der Waals surface area contributed by atoms with Crippen LogP contribution in [0.5, 0.6) is 0 Å². The monoisotopic (exact) mass is 364 g/mol. The lowest BCUT2D eigenvalue weighted by Gasteiger charge is -2.30. The molecule has 0 spiro atoms. The molecule has 1 saturated heterocycles. The van der Waals surface area contributed by atoms with E-state index in [1.165, 1.54) is 0 Å². The van der Waals surface area contributed by atoms with Crippen LogP contribution in [0.15, 0.2) is 34.2 Å². The number of rotatable bonds is 4. The number of carbonyl (C=O) groups is 1. The standard InChI is InChI=1S/C17H24N4O3S/c1-11(10-16(22)20-14-7-5-9-18-12(14)2)19-17-13-6-3-4-8-15(13)25(23,24)21-17/h3-4,6,8,11-12,14,18H,5,7,9-10H2,1-2H3,(H,19,21)(H,20,22). The van der Waals surface area contributed by atoms with Crippen LogP contribution in [-0.4, -0.2) is 44.8 Å². The normalized spacial score (nSPS) is 27.4. The van der Waals surface area contributed by atoms with Crippen molar-refractivity contribution in [2.45, 2.75) is 56.1 Å². The Morgan fingerprint density at radius 2 is 2.16 bits per heavy atom. The van der Waals surface area contributed by atoms with Gasteiger partial charge in [-0.3, -0.25) is 14.5 Å². The Bertz CT molecular complexity index is 791. The highest BCUT2D eigenvalue weighted by atomic mass is 32.2. The number of hydrogen-bond donors (Lipinski definition) is 3. The van der Waals surface area contributed by atoms with Gasteiger partial charge in [-0.2, -0.15) is 0 Å². The Morgan fingerprint density at radius 3 is 2.92 bits per heavy atom. The molecule has 3 rings (SSSR count). The average molecular weight is 364 g/mol. The second-order valence-electron chi connectivity index (χ2n) is 6.69. The minimum atomic E-state index is -3.55. The van der Waals surface area contributed by atoms with Gasteiger partial charge >= 0.3 is 0 Å². The van der Waals surface area contributed by atoms with Gasteiger partial charge in [-0.15, -0.1) is 0 Å². The molecule has 0 aliphatic carbocycles. The molecule has 2 aliphatic heterocycles. The van der Waals surface area contributed by atoms with Crippen molar-refractivity contribution in [2.75, 3.05) is 6.54 Å². The van der Waals surface area contributed by atoms with E-state index in [-0.39, 0.29) is 35.3 Å². The number of nitrogens with zero attached hydrogens (tertiary/aromatic N) is 1. The second kappa shape index (κ2) is 7.13. The molecule has 3 unspecified atom stereocenters. The fourth-order valence-corrected chi connectivity index (χ4v) is 4.51. The molecule has 3 N–H and O–H groups in total. The van der Waals surface area contributed by atoms with E-state index in [9.17, 15) is 13.2 Å². The maximum absolute atomic E-state index is 12.3. The van der Waals surface area contributed by atoms with Crippen molar-refractivity contribution in [1.29, 1.82) is 0 Å². The Labute approximate surface area is 148 Å². The van der Waals surface area contributed by atoms with Crippen LogP contribution in [0.25, 0.3) is 0 Å². The number of amides is 1. The van der Waals surface area contributed by atoms with Crippen LogP contribution in [0.1, 0.15) is 38.7 Å². The zero-order valence-corrected chi connectivity index (χ0v) is 15.3. The van der Waals surface area contributed by atoms with E-state index in [4.69, 9.17) is 0 Å². The number of nitrogens with one attached hydrogen (secondary N) is 3. The van der Waals surface area contributed by atoms with Crippen LogP contribution in [0.4, 0.5) is 0 Å². The van der Waals surface area contributed by atoms with Crippen LogP contribution >= 0.6 is 0 Å². The summed E-state index contributed by atoms with van der Waals surface area (Å²) in [6.07, 6.45) is 2.23. The summed E-state index contributed by atoms with van der Waals surface area (Å²) in [6.45, 7) is 4.86. The van der Waals surface area contributed by atoms with Crippen molar-refractivity contribution < 1.29 is 13.2 Å². The molecular weight excluding hydrogens is 340 g/mol. The molecule has 3 atom stereocenters. The van der Waals surface area contributed by atoms with Gasteiger partial charge in [0.05, 0.1) is 10.9 Å². The summed E-state index contributed by atoms with van der Waals surface area (Å²) in [4.78, 5) is 16.9. The molecule has 2 heterocycles. The average Bonchev–Trinajstić information content (AvgIpc) is 2.80. The number of fused-ring (bicyclic) bond motifs is 1. The SMILES string of the molecule is CC(CC(=O)NC1CCCNC1C)N=C1NS(=O)(=O)c2ccccc21. The zero-order chi connectivity index (χ0) is 18.0. The van der Waals surface area contributed by atoms with E-state index in [0.29, 0.717) is 11.4 Å². The molecule has 2 aliphatic rings. The van der Waals surface area contributed by atoms with Crippen molar-refractivity contribution in [3.05, 3.63) is 29.8 Å². The maximum Gasteiger partial charge on any atom is 0.263 e. The quantitative estimate of drug-likeness (QED) is 0.734. The first-order valence-corrected chi connectivity index (χ1v) is 10.1. The first kappa shape index (κ1) is 17.9. The molecule has 8 heteroatoms. The highest BCUT2D eigenvalue weighted by molar-refractivity contribution is 7.90. The molecule has 0 radical (unpaired) electrons. The lowest BCUT2D eigenvalue weighted by atomic mass is 9.99. The van der Waals surface area contributed by atoms with E-state index in [1.807, 2.05) is 6.92 Å². The van der Waals surface area contributed by atoms with Crippen molar-refractivity contribution in [1.82, 2.24) is 15.4 Å². The number of benzene rings is 1. The first-order chi connectivity index (χ1) is 11.9. The highest BCUT2D eigenvalue weighted by Gasteiger charge is 2.30. The Balaban J connectivity index is 1.65. The van der Waals surface area contributed by atoms with Gasteiger partial charge in [0.25, 0.3) is 10.0 Å². The van der Waals surface area contributed by atoms with E-state index in [2.05, 4.69) is 27.3 Å². The number of piperidine rings is 1. The van der Waals surface area contributed by atoms with Crippen molar-refractivity contribution >= 4 is 21.8 Å². The lowest BCUT2D eigenvalue weighted by Crippen LogP contribution is -2.52. The smallest absolute Gasteiger partial charge is 0.263 e. The second-order valence-corrected chi connectivity index (χ2v) is 8.34. The summed E-state index contributed by atoms with van der Waals surface area (Å²) in [6, 6.07) is 6.78. The van der Waals surface area contributed by atoms with Gasteiger partial charge in [-0.1, -0.05) is 12.1 Å². The topological polar surface area (TPSA) is 99.7 Å². The summed E-state index contributed by atoms with van der Waals surface area (Å²) in [5.74, 6) is 0.246. The molecule has 1 amide bonds. The molecule has 1 aromatic carbocycles. The summed E-state index contributed by atoms with van der Waals surface area (Å²) in [5, 5.41) is 6.40. The predicted molar refractivity (Wildman–Crippen MR) is 96.0 cm³/mol. The van der Waals surface area contributed by atoms with Gasteiger partial charge in [-0.25, -0.2) is 8.42 Å². The third-order valence-electron chi connectivity index (χ3n) is 4.60. The number of carbonyl (C=O) groups excluding carboxylic acids is 1. The molecule has 0 aromatic heterocycles. The number of sulfonamides is 1. The molecule has 1 aromatic rings. The Morgan fingerprint density at radius 1 is 1.40 bits per heavy atom. The molecule has 0 bridgehead atoms. The molecule has 25 heavy (non-hydrogen) atoms. The van der Waals surface area contributed by atoms with Crippen LogP contribution < -0.4 is 15.4 Å². The molecule has 136 valence electrons. The van der Waals surface area contributed by atoms with Gasteiger partial charge in [-0.05, 0) is 45.4 Å². The van der Waals surface area contributed by atoms with Gasteiger partial charge in [0, 0.05) is 24.1 Å². The first-order valence-electron chi connectivity index (χ1n) is 8.59. The highest BCUT2D eigenvalue weighted by Crippen LogP contribution is 2.22. The molecular formula is C17H24N4O3S. The van der Waals surface area contributed by atoms with Crippen LogP contribution in [-0.2, 0) is 14.8 Å². The zero-order valence-electron chi connectivity index (χ0n) is 14.5. The van der Waals surface area contributed by atoms with Crippen molar-refractivity contribution in [3.63, 3.8) is 0 Å². The van der Waals surface area contributed by atoms with E-state index in [1.54, 1.807) is 24.3 Å².